The minimum absolute atomic E-state index is 0.0116. The van der Waals surface area contributed by atoms with Gasteiger partial charge in [-0.2, -0.15) is 18.4 Å². The van der Waals surface area contributed by atoms with E-state index in [0.717, 1.165) is 0 Å². The predicted molar refractivity (Wildman–Crippen MR) is 126 cm³/mol. The molecular formula is C23H32BF3N4O4. The van der Waals surface area contributed by atoms with E-state index in [1.165, 1.54) is 6.08 Å². The number of unbranched alkanes of at least 4 members (excludes halogenated alkanes) is 1. The fourth-order valence-corrected chi connectivity index (χ4v) is 3.21. The van der Waals surface area contributed by atoms with Gasteiger partial charge in [-0.1, -0.05) is 50.3 Å². The van der Waals surface area contributed by atoms with E-state index in [2.05, 4.69) is 16.0 Å². The number of alkyl halides is 3. The molecule has 8 nitrogen and oxygen atoms in total. The van der Waals surface area contributed by atoms with Crippen molar-refractivity contribution in [3.05, 3.63) is 47.5 Å². The molecule has 2 atom stereocenters. The molecule has 35 heavy (non-hydrogen) atoms. The quantitative estimate of drug-likeness (QED) is 0.115. The Labute approximate surface area is 203 Å². The van der Waals surface area contributed by atoms with Crippen LogP contribution >= 0.6 is 0 Å². The first-order valence-electron chi connectivity index (χ1n) is 11.3. The SMILES string of the molecule is CC(C)C=C(C#N)C(=O)NCCCCC(NCC(F)(F)F)C(=O)NC(Cc1ccccc1)B(O)O. The summed E-state index contributed by atoms with van der Waals surface area (Å²) in [7, 11) is -1.91. The van der Waals surface area contributed by atoms with Gasteiger partial charge in [0.05, 0.1) is 18.5 Å². The number of halogens is 3. The summed E-state index contributed by atoms with van der Waals surface area (Å²) in [5, 5.41) is 35.5. The maximum Gasteiger partial charge on any atom is 0.475 e. The molecule has 0 spiro atoms. The molecule has 0 aliphatic rings. The average molecular weight is 496 g/mol. The monoisotopic (exact) mass is 496 g/mol. The number of allylic oxidation sites excluding steroid dienone is 1. The lowest BCUT2D eigenvalue weighted by molar-refractivity contribution is -0.132. The zero-order valence-electron chi connectivity index (χ0n) is 19.8. The van der Waals surface area contributed by atoms with Crippen LogP contribution in [0, 0.1) is 17.2 Å². The third-order valence-corrected chi connectivity index (χ3v) is 4.92. The van der Waals surface area contributed by atoms with Gasteiger partial charge in [0.1, 0.15) is 11.6 Å². The number of carbonyl (C=O) groups excluding carboxylic acids is 2. The number of amides is 2. The highest BCUT2D eigenvalue weighted by atomic mass is 19.4. The van der Waals surface area contributed by atoms with Crippen molar-refractivity contribution < 1.29 is 32.8 Å². The molecule has 192 valence electrons. The smallest absolute Gasteiger partial charge is 0.426 e. The van der Waals surface area contributed by atoms with Crippen LogP contribution in [0.3, 0.4) is 0 Å². The lowest BCUT2D eigenvalue weighted by Crippen LogP contribution is -2.54. The Morgan fingerprint density at radius 1 is 1.17 bits per heavy atom. The molecule has 0 aliphatic heterocycles. The molecule has 5 N–H and O–H groups in total. The number of benzene rings is 1. The summed E-state index contributed by atoms with van der Waals surface area (Å²) in [6.07, 6.45) is -2.26. The highest BCUT2D eigenvalue weighted by Gasteiger charge is 2.32. The van der Waals surface area contributed by atoms with Crippen molar-refractivity contribution in [3.63, 3.8) is 0 Å². The third kappa shape index (κ3) is 13.0. The Morgan fingerprint density at radius 2 is 1.83 bits per heavy atom. The largest absolute Gasteiger partial charge is 0.475 e. The van der Waals surface area contributed by atoms with E-state index in [4.69, 9.17) is 5.26 Å². The molecule has 1 aromatic rings. The Morgan fingerprint density at radius 3 is 2.37 bits per heavy atom. The molecule has 0 aliphatic carbocycles. The molecule has 2 amide bonds. The highest BCUT2D eigenvalue weighted by molar-refractivity contribution is 6.43. The van der Waals surface area contributed by atoms with Crippen LogP contribution in [0.4, 0.5) is 13.2 Å². The van der Waals surface area contributed by atoms with Gasteiger partial charge in [0, 0.05) is 6.54 Å². The fraction of sp³-hybridized carbons (Fsp3) is 0.522. The highest BCUT2D eigenvalue weighted by Crippen LogP contribution is 2.14. The van der Waals surface area contributed by atoms with Gasteiger partial charge < -0.3 is 20.7 Å². The summed E-state index contributed by atoms with van der Waals surface area (Å²) in [5.74, 6) is -2.43. The number of nitrogens with zero attached hydrogens (tertiary/aromatic N) is 1. The summed E-state index contributed by atoms with van der Waals surface area (Å²) in [5.41, 5.74) is 0.695. The topological polar surface area (TPSA) is 134 Å². The van der Waals surface area contributed by atoms with Gasteiger partial charge in [0.25, 0.3) is 5.91 Å². The minimum Gasteiger partial charge on any atom is -0.426 e. The Hall–Kier alpha value is -2.88. The molecule has 12 heteroatoms. The molecule has 0 saturated heterocycles. The van der Waals surface area contributed by atoms with Crippen LogP contribution in [0.15, 0.2) is 42.0 Å². The van der Waals surface area contributed by atoms with Crippen molar-refractivity contribution in [1.29, 1.82) is 5.26 Å². The predicted octanol–water partition coefficient (Wildman–Crippen LogP) is 1.64. The van der Waals surface area contributed by atoms with Crippen molar-refractivity contribution >= 4 is 18.9 Å². The van der Waals surface area contributed by atoms with Crippen LogP contribution in [-0.2, 0) is 16.0 Å². The van der Waals surface area contributed by atoms with Crippen LogP contribution in [0.5, 0.6) is 0 Å². The summed E-state index contributed by atoms with van der Waals surface area (Å²) >= 11 is 0. The van der Waals surface area contributed by atoms with Gasteiger partial charge in [0.2, 0.25) is 5.91 Å². The van der Waals surface area contributed by atoms with E-state index in [-0.39, 0.29) is 30.9 Å². The van der Waals surface area contributed by atoms with E-state index >= 15 is 0 Å². The van der Waals surface area contributed by atoms with Crippen LogP contribution in [-0.4, -0.2) is 60.2 Å². The maximum atomic E-state index is 12.7. The normalized spacial score (nSPS) is 13.6. The summed E-state index contributed by atoms with van der Waals surface area (Å²) in [4.78, 5) is 24.7. The van der Waals surface area contributed by atoms with E-state index in [0.29, 0.717) is 18.4 Å². The van der Waals surface area contributed by atoms with Crippen LogP contribution in [0.25, 0.3) is 0 Å². The molecule has 1 aromatic carbocycles. The molecule has 0 saturated carbocycles. The van der Waals surface area contributed by atoms with Crippen molar-refractivity contribution in [2.45, 2.75) is 57.7 Å². The molecule has 1 rings (SSSR count). The van der Waals surface area contributed by atoms with Crippen LogP contribution in [0.1, 0.15) is 38.7 Å². The number of hydrogen-bond acceptors (Lipinski definition) is 6. The van der Waals surface area contributed by atoms with Crippen molar-refractivity contribution in [2.75, 3.05) is 13.1 Å². The van der Waals surface area contributed by atoms with Gasteiger partial charge in [-0.25, -0.2) is 0 Å². The van der Waals surface area contributed by atoms with Crippen molar-refractivity contribution in [2.24, 2.45) is 5.92 Å². The molecule has 0 aromatic heterocycles. The number of carbonyl (C=O) groups is 2. The van der Waals surface area contributed by atoms with Crippen LogP contribution in [0.2, 0.25) is 0 Å². The zero-order chi connectivity index (χ0) is 26.4. The number of nitrogens with one attached hydrogen (secondary N) is 3. The number of nitriles is 1. The summed E-state index contributed by atoms with van der Waals surface area (Å²) < 4.78 is 38.2. The van der Waals surface area contributed by atoms with Crippen molar-refractivity contribution in [3.8, 4) is 6.07 Å². The van der Waals surface area contributed by atoms with E-state index in [1.807, 2.05) is 19.9 Å². The molecule has 0 heterocycles. The number of hydrogen-bond donors (Lipinski definition) is 5. The summed E-state index contributed by atoms with van der Waals surface area (Å²) in [6.45, 7) is 2.43. The number of rotatable bonds is 14. The lowest BCUT2D eigenvalue weighted by atomic mass is 9.75. The zero-order valence-corrected chi connectivity index (χ0v) is 19.8. The fourth-order valence-electron chi connectivity index (χ4n) is 3.21. The molecule has 0 bridgehead atoms. The summed E-state index contributed by atoms with van der Waals surface area (Å²) in [6, 6.07) is 9.29. The molecule has 0 radical (unpaired) electrons. The molecule has 0 fully saturated rings. The van der Waals surface area contributed by atoms with Gasteiger partial charge in [-0.15, -0.1) is 0 Å². The van der Waals surface area contributed by atoms with E-state index in [9.17, 15) is 32.8 Å². The molecular weight excluding hydrogens is 464 g/mol. The van der Waals surface area contributed by atoms with Crippen molar-refractivity contribution in [1.82, 2.24) is 16.0 Å². The Kier molecular flexibility index (Phi) is 13.1. The minimum atomic E-state index is -4.54. The standard InChI is InChI=1S/C23H32BF3N4O4/c1-16(2)12-18(14-28)21(32)29-11-7-6-10-19(30-15-23(25,26)27)22(33)31-20(24(34)35)13-17-8-4-3-5-9-17/h3-5,8-9,12,16,19-20,30,34-35H,6-7,10-11,13,15H2,1-2H3,(H,29,32)(H,31,33). The average Bonchev–Trinajstić information content (AvgIpc) is 2.78. The second kappa shape index (κ2) is 15.2. The second-order valence-corrected chi connectivity index (χ2v) is 8.45. The van der Waals surface area contributed by atoms with E-state index < -0.39 is 43.6 Å². The second-order valence-electron chi connectivity index (χ2n) is 8.45. The van der Waals surface area contributed by atoms with Gasteiger partial charge in [-0.05, 0) is 37.2 Å². The maximum absolute atomic E-state index is 12.7. The Bertz CT molecular complexity index is 874. The first-order valence-corrected chi connectivity index (χ1v) is 11.3. The van der Waals surface area contributed by atoms with Gasteiger partial charge >= 0.3 is 13.3 Å². The first-order chi connectivity index (χ1) is 16.4. The Balaban J connectivity index is 2.69. The lowest BCUT2D eigenvalue weighted by Gasteiger charge is -2.24. The van der Waals surface area contributed by atoms with Gasteiger partial charge in [0.15, 0.2) is 0 Å². The van der Waals surface area contributed by atoms with Crippen LogP contribution < -0.4 is 16.0 Å². The van der Waals surface area contributed by atoms with Gasteiger partial charge in [-0.3, -0.25) is 14.9 Å². The van der Waals surface area contributed by atoms with E-state index in [1.54, 1.807) is 30.3 Å². The first kappa shape index (κ1) is 30.2. The third-order valence-electron chi connectivity index (χ3n) is 4.92. The molecule has 2 unspecified atom stereocenters.